The molecule has 2 aromatic rings. The highest BCUT2D eigenvalue weighted by Gasteiger charge is 2.33. The molecule has 2 aliphatic heterocycles. The highest BCUT2D eigenvalue weighted by molar-refractivity contribution is 7.17. The SMILES string of the molecule is O=C(NC1CC2CCN(C2)C1)c1cc2sc(F)cc2cn1. The van der Waals surface area contributed by atoms with Crippen molar-refractivity contribution in [2.75, 3.05) is 19.6 Å². The van der Waals surface area contributed by atoms with Crippen LogP contribution in [-0.4, -0.2) is 41.5 Å². The number of rotatable bonds is 2. The predicted molar refractivity (Wildman–Crippen MR) is 80.0 cm³/mol. The van der Waals surface area contributed by atoms with Crippen LogP contribution in [0.5, 0.6) is 0 Å². The second-order valence-electron chi connectivity index (χ2n) is 5.98. The van der Waals surface area contributed by atoms with Crippen LogP contribution in [0.1, 0.15) is 23.3 Å². The quantitative estimate of drug-likeness (QED) is 0.925. The van der Waals surface area contributed by atoms with Gasteiger partial charge in [0.1, 0.15) is 5.69 Å². The second-order valence-corrected chi connectivity index (χ2v) is 7.01. The molecule has 4 nitrogen and oxygen atoms in total. The van der Waals surface area contributed by atoms with Gasteiger partial charge in [-0.2, -0.15) is 4.39 Å². The zero-order valence-electron chi connectivity index (χ0n) is 11.5. The molecule has 0 spiro atoms. The molecule has 2 saturated heterocycles. The summed E-state index contributed by atoms with van der Waals surface area (Å²) in [5.74, 6) is 0.559. The Hall–Kier alpha value is -1.53. The van der Waals surface area contributed by atoms with Gasteiger partial charge in [-0.05, 0) is 37.4 Å². The van der Waals surface area contributed by atoms with Crippen LogP contribution in [0, 0.1) is 11.0 Å². The molecule has 110 valence electrons. The first-order valence-electron chi connectivity index (χ1n) is 7.26. The number of thiophene rings is 1. The summed E-state index contributed by atoms with van der Waals surface area (Å²) in [6.45, 7) is 3.25. The van der Waals surface area contributed by atoms with Crippen molar-refractivity contribution in [2.24, 2.45) is 5.92 Å². The Labute approximate surface area is 126 Å². The fraction of sp³-hybridized carbons (Fsp3) is 0.467. The molecule has 21 heavy (non-hydrogen) atoms. The number of hydrogen-bond acceptors (Lipinski definition) is 4. The number of pyridine rings is 1. The number of aromatic nitrogens is 1. The number of nitrogens with one attached hydrogen (secondary N) is 1. The molecule has 2 aromatic heterocycles. The van der Waals surface area contributed by atoms with Gasteiger partial charge in [-0.25, -0.2) is 0 Å². The van der Waals surface area contributed by atoms with Crippen LogP contribution in [0.2, 0.25) is 0 Å². The maximum atomic E-state index is 13.2. The van der Waals surface area contributed by atoms with E-state index in [1.807, 2.05) is 0 Å². The van der Waals surface area contributed by atoms with E-state index in [0.717, 1.165) is 40.9 Å². The second kappa shape index (κ2) is 5.03. The number of fused-ring (bicyclic) bond motifs is 3. The van der Waals surface area contributed by atoms with E-state index in [1.54, 1.807) is 12.3 Å². The maximum absolute atomic E-state index is 13.2. The molecule has 3 atom stereocenters. The summed E-state index contributed by atoms with van der Waals surface area (Å²) in [4.78, 5) is 18.9. The van der Waals surface area contributed by atoms with E-state index in [4.69, 9.17) is 0 Å². The molecule has 0 radical (unpaired) electrons. The molecule has 3 unspecified atom stereocenters. The van der Waals surface area contributed by atoms with Crippen molar-refractivity contribution in [3.63, 3.8) is 0 Å². The van der Waals surface area contributed by atoms with Gasteiger partial charge in [0.2, 0.25) is 0 Å². The van der Waals surface area contributed by atoms with Gasteiger partial charge >= 0.3 is 0 Å². The first-order valence-corrected chi connectivity index (χ1v) is 8.07. The number of amides is 1. The van der Waals surface area contributed by atoms with Crippen molar-refractivity contribution < 1.29 is 9.18 Å². The minimum absolute atomic E-state index is 0.154. The van der Waals surface area contributed by atoms with Crippen LogP contribution >= 0.6 is 11.3 Å². The van der Waals surface area contributed by atoms with Crippen LogP contribution in [0.15, 0.2) is 18.3 Å². The molecule has 1 N–H and O–H groups in total. The Morgan fingerprint density at radius 3 is 3.19 bits per heavy atom. The van der Waals surface area contributed by atoms with Crippen molar-refractivity contribution in [1.29, 1.82) is 0 Å². The fourth-order valence-electron chi connectivity index (χ4n) is 3.45. The Balaban J connectivity index is 1.50. The smallest absolute Gasteiger partial charge is 0.270 e. The lowest BCUT2D eigenvalue weighted by Crippen LogP contribution is -2.47. The molecular formula is C15H16FN3OS. The van der Waals surface area contributed by atoms with Gasteiger partial charge in [0.15, 0.2) is 5.13 Å². The summed E-state index contributed by atoms with van der Waals surface area (Å²) in [7, 11) is 0. The number of piperidine rings is 1. The van der Waals surface area contributed by atoms with Crippen LogP contribution < -0.4 is 5.32 Å². The first kappa shape index (κ1) is 13.2. The highest BCUT2D eigenvalue weighted by Crippen LogP contribution is 2.27. The van der Waals surface area contributed by atoms with Crippen molar-refractivity contribution in [2.45, 2.75) is 18.9 Å². The van der Waals surface area contributed by atoms with Crippen LogP contribution in [0.4, 0.5) is 4.39 Å². The lowest BCUT2D eigenvalue weighted by Gasteiger charge is -2.30. The number of nitrogens with zero attached hydrogens (tertiary/aromatic N) is 2. The van der Waals surface area contributed by atoms with Gasteiger partial charge in [-0.1, -0.05) is 0 Å². The third-order valence-electron chi connectivity index (χ3n) is 4.41. The normalized spacial score (nSPS) is 28.0. The van der Waals surface area contributed by atoms with E-state index >= 15 is 0 Å². The van der Waals surface area contributed by atoms with Crippen molar-refractivity contribution in [3.05, 3.63) is 29.2 Å². The Morgan fingerprint density at radius 2 is 2.33 bits per heavy atom. The number of halogens is 1. The van der Waals surface area contributed by atoms with E-state index in [-0.39, 0.29) is 17.1 Å². The van der Waals surface area contributed by atoms with E-state index in [0.29, 0.717) is 11.6 Å². The predicted octanol–water partition coefficient (Wildman–Crippen LogP) is 2.26. The third-order valence-corrected chi connectivity index (χ3v) is 5.29. The molecule has 4 rings (SSSR count). The van der Waals surface area contributed by atoms with Gasteiger partial charge in [0.05, 0.1) is 0 Å². The zero-order chi connectivity index (χ0) is 14.4. The Morgan fingerprint density at radius 1 is 1.43 bits per heavy atom. The van der Waals surface area contributed by atoms with Gasteiger partial charge in [-0.15, -0.1) is 11.3 Å². The molecule has 0 aromatic carbocycles. The Kier molecular flexibility index (Phi) is 3.15. The molecule has 2 aliphatic rings. The number of carbonyl (C=O) groups excluding carboxylic acids is 1. The largest absolute Gasteiger partial charge is 0.347 e. The number of hydrogen-bond donors (Lipinski definition) is 1. The van der Waals surface area contributed by atoms with Crippen LogP contribution in [-0.2, 0) is 0 Å². The van der Waals surface area contributed by atoms with Crippen LogP contribution in [0.3, 0.4) is 0 Å². The molecule has 2 fully saturated rings. The van der Waals surface area contributed by atoms with Crippen LogP contribution in [0.25, 0.3) is 10.1 Å². The van der Waals surface area contributed by atoms with Crippen molar-refractivity contribution in [1.82, 2.24) is 15.2 Å². The lowest BCUT2D eigenvalue weighted by molar-refractivity contribution is 0.0904. The van der Waals surface area contributed by atoms with Crippen molar-refractivity contribution >= 4 is 27.3 Å². The highest BCUT2D eigenvalue weighted by atomic mass is 32.1. The fourth-order valence-corrected chi connectivity index (χ4v) is 4.24. The van der Waals surface area contributed by atoms with E-state index in [2.05, 4.69) is 15.2 Å². The average molecular weight is 305 g/mol. The van der Waals surface area contributed by atoms with Crippen molar-refractivity contribution in [3.8, 4) is 0 Å². The summed E-state index contributed by atoms with van der Waals surface area (Å²) in [5.41, 5.74) is 0.372. The molecule has 0 aliphatic carbocycles. The summed E-state index contributed by atoms with van der Waals surface area (Å²) >= 11 is 1.05. The summed E-state index contributed by atoms with van der Waals surface area (Å²) < 4.78 is 14.0. The van der Waals surface area contributed by atoms with E-state index in [9.17, 15) is 9.18 Å². The molecule has 6 heteroatoms. The van der Waals surface area contributed by atoms with Gasteiger partial charge < -0.3 is 10.2 Å². The van der Waals surface area contributed by atoms with E-state index < -0.39 is 0 Å². The standard InChI is InChI=1S/C15H16FN3OS/c16-14-4-10-6-17-12(5-13(10)21-14)15(20)18-11-3-9-1-2-19(7-9)8-11/h4-6,9,11H,1-3,7-8H2,(H,18,20). The minimum atomic E-state index is -0.249. The van der Waals surface area contributed by atoms with Gasteiger partial charge in [0, 0.05) is 35.4 Å². The summed E-state index contributed by atoms with van der Waals surface area (Å²) in [5, 5.41) is 3.57. The van der Waals surface area contributed by atoms with E-state index in [1.165, 1.54) is 19.0 Å². The zero-order valence-corrected chi connectivity index (χ0v) is 12.3. The first-order chi connectivity index (χ1) is 10.2. The lowest BCUT2D eigenvalue weighted by atomic mass is 9.97. The topological polar surface area (TPSA) is 45.2 Å². The summed E-state index contributed by atoms with van der Waals surface area (Å²) in [6.07, 6.45) is 3.86. The molecule has 1 amide bonds. The Bertz CT molecular complexity index is 689. The molecule has 4 heterocycles. The van der Waals surface area contributed by atoms with Gasteiger partial charge in [-0.3, -0.25) is 9.78 Å². The monoisotopic (exact) mass is 305 g/mol. The minimum Gasteiger partial charge on any atom is -0.347 e. The average Bonchev–Trinajstić information content (AvgIpc) is 2.99. The third kappa shape index (κ3) is 2.53. The molecular weight excluding hydrogens is 289 g/mol. The number of carbonyl (C=O) groups is 1. The molecule has 0 saturated carbocycles. The maximum Gasteiger partial charge on any atom is 0.270 e. The molecule has 2 bridgehead atoms. The van der Waals surface area contributed by atoms with Gasteiger partial charge in [0.25, 0.3) is 5.91 Å². The summed E-state index contributed by atoms with van der Waals surface area (Å²) in [6, 6.07) is 3.33.